The highest BCUT2D eigenvalue weighted by atomic mass is 32.1. The molecule has 2 rings (SSSR count). The third-order valence-corrected chi connectivity index (χ3v) is 4.31. The lowest BCUT2D eigenvalue weighted by Gasteiger charge is -2.16. The number of benzene rings is 1. The normalized spacial score (nSPS) is 12.7. The number of hydrogen-bond donors (Lipinski definition) is 1. The van der Waals surface area contributed by atoms with Crippen LogP contribution in [0.3, 0.4) is 0 Å². The molecule has 3 nitrogen and oxygen atoms in total. The fourth-order valence-electron chi connectivity index (χ4n) is 2.17. The largest absolute Gasteiger partial charge is 0.491 e. The molecule has 2 aromatic rings. The minimum atomic E-state index is 0.616. The van der Waals surface area contributed by atoms with Crippen LogP contribution >= 0.6 is 11.3 Å². The predicted molar refractivity (Wildman–Crippen MR) is 82.8 cm³/mol. The van der Waals surface area contributed by atoms with Crippen molar-refractivity contribution < 1.29 is 4.74 Å². The summed E-state index contributed by atoms with van der Waals surface area (Å²) in [4.78, 5) is 4.29. The number of rotatable bonds is 7. The number of nitrogens with zero attached hydrogens (tertiary/aromatic N) is 1. The summed E-state index contributed by atoms with van der Waals surface area (Å²) >= 11 is 1.60. The highest BCUT2D eigenvalue weighted by molar-refractivity contribution is 7.16. The molecule has 1 aromatic heterocycles. The topological polar surface area (TPSA) is 48.1 Å². The van der Waals surface area contributed by atoms with Gasteiger partial charge in [-0.1, -0.05) is 33.1 Å². The molecule has 4 heteroatoms. The fourth-order valence-corrected chi connectivity index (χ4v) is 2.86. The average molecular weight is 278 g/mol. The number of nitrogen functional groups attached to an aromatic ring is 1. The molecule has 1 aromatic carbocycles. The van der Waals surface area contributed by atoms with Crippen molar-refractivity contribution in [2.24, 2.45) is 5.92 Å². The molecule has 0 bridgehead atoms. The predicted octanol–water partition coefficient (Wildman–Crippen LogP) is 4.47. The van der Waals surface area contributed by atoms with Crippen molar-refractivity contribution in [3.8, 4) is 5.75 Å². The summed E-state index contributed by atoms with van der Waals surface area (Å²) in [5.41, 5.74) is 9.47. The van der Waals surface area contributed by atoms with E-state index in [9.17, 15) is 0 Å². The van der Waals surface area contributed by atoms with Crippen molar-refractivity contribution in [2.45, 2.75) is 39.5 Å². The van der Waals surface area contributed by atoms with E-state index >= 15 is 0 Å². The molecule has 0 saturated carbocycles. The first kappa shape index (κ1) is 14.1. The number of nitrogens with two attached hydrogens (primary N) is 1. The number of unbranched alkanes of at least 4 members (excludes halogenated alkanes) is 1. The van der Waals surface area contributed by atoms with Gasteiger partial charge in [-0.3, -0.25) is 0 Å². The van der Waals surface area contributed by atoms with Gasteiger partial charge >= 0.3 is 0 Å². The number of thiazole rings is 1. The van der Waals surface area contributed by atoms with Gasteiger partial charge in [0, 0.05) is 0 Å². The molecule has 0 amide bonds. The van der Waals surface area contributed by atoms with E-state index in [1.165, 1.54) is 19.3 Å². The SMILES string of the molecule is CCCCC(CC)COc1ccc2scnc2c1N. The van der Waals surface area contributed by atoms with Gasteiger partial charge in [-0.2, -0.15) is 0 Å². The van der Waals surface area contributed by atoms with Crippen LogP contribution < -0.4 is 10.5 Å². The van der Waals surface area contributed by atoms with E-state index in [1.54, 1.807) is 11.3 Å². The Bertz CT molecular complexity index is 524. The number of ether oxygens (including phenoxy) is 1. The minimum Gasteiger partial charge on any atom is -0.491 e. The molecular formula is C15H22N2OS. The van der Waals surface area contributed by atoms with E-state index in [1.807, 2.05) is 17.6 Å². The molecular weight excluding hydrogens is 256 g/mol. The quantitative estimate of drug-likeness (QED) is 0.760. The Morgan fingerprint density at radius 3 is 2.95 bits per heavy atom. The number of aromatic nitrogens is 1. The lowest BCUT2D eigenvalue weighted by atomic mass is 10.0. The standard InChI is InChI=1S/C15H22N2OS/c1-3-5-6-11(4-2)9-18-12-7-8-13-15(14(12)16)17-10-19-13/h7-8,10-11H,3-6,9,16H2,1-2H3. The van der Waals surface area contributed by atoms with Gasteiger partial charge in [0.2, 0.25) is 0 Å². The van der Waals surface area contributed by atoms with Crippen LogP contribution in [-0.2, 0) is 0 Å². The van der Waals surface area contributed by atoms with Gasteiger partial charge < -0.3 is 10.5 Å². The summed E-state index contributed by atoms with van der Waals surface area (Å²) in [6, 6.07) is 3.99. The number of anilines is 1. The van der Waals surface area contributed by atoms with Crippen LogP contribution in [0.5, 0.6) is 5.75 Å². The van der Waals surface area contributed by atoms with Crippen LogP contribution in [0, 0.1) is 5.92 Å². The van der Waals surface area contributed by atoms with Gasteiger partial charge in [0.1, 0.15) is 17.0 Å². The highest BCUT2D eigenvalue weighted by Gasteiger charge is 2.11. The molecule has 19 heavy (non-hydrogen) atoms. The maximum absolute atomic E-state index is 6.11. The van der Waals surface area contributed by atoms with Gasteiger partial charge in [0.15, 0.2) is 0 Å². The molecule has 1 heterocycles. The monoisotopic (exact) mass is 278 g/mol. The minimum absolute atomic E-state index is 0.616. The van der Waals surface area contributed by atoms with Gasteiger partial charge in [-0.25, -0.2) is 4.98 Å². The Kier molecular flexibility index (Phi) is 5.02. The molecule has 0 aliphatic carbocycles. The zero-order valence-electron chi connectivity index (χ0n) is 11.7. The first-order valence-electron chi connectivity index (χ1n) is 7.00. The molecule has 0 fully saturated rings. The van der Waals surface area contributed by atoms with Crippen LogP contribution in [-0.4, -0.2) is 11.6 Å². The van der Waals surface area contributed by atoms with Gasteiger partial charge in [0.05, 0.1) is 16.8 Å². The summed E-state index contributed by atoms with van der Waals surface area (Å²) in [5, 5.41) is 0. The molecule has 0 aliphatic heterocycles. The molecule has 1 unspecified atom stereocenters. The van der Waals surface area contributed by atoms with Crippen molar-refractivity contribution in [3.05, 3.63) is 17.6 Å². The van der Waals surface area contributed by atoms with Crippen LogP contribution in [0.2, 0.25) is 0 Å². The summed E-state index contributed by atoms with van der Waals surface area (Å²) in [7, 11) is 0. The highest BCUT2D eigenvalue weighted by Crippen LogP contribution is 2.32. The van der Waals surface area contributed by atoms with Crippen LogP contribution in [0.4, 0.5) is 5.69 Å². The fraction of sp³-hybridized carbons (Fsp3) is 0.533. The van der Waals surface area contributed by atoms with Gasteiger partial charge in [-0.05, 0) is 24.5 Å². The Hall–Kier alpha value is -1.29. The van der Waals surface area contributed by atoms with E-state index in [0.717, 1.165) is 29.0 Å². The molecule has 0 radical (unpaired) electrons. The first-order chi connectivity index (χ1) is 9.26. The zero-order chi connectivity index (χ0) is 13.7. The third-order valence-electron chi connectivity index (χ3n) is 3.52. The second-order valence-corrected chi connectivity index (χ2v) is 5.79. The molecule has 2 N–H and O–H groups in total. The Labute approximate surface area is 118 Å². The lowest BCUT2D eigenvalue weighted by Crippen LogP contribution is -2.12. The van der Waals surface area contributed by atoms with Crippen LogP contribution in [0.1, 0.15) is 39.5 Å². The maximum Gasteiger partial charge on any atom is 0.144 e. The molecule has 104 valence electrons. The number of hydrogen-bond acceptors (Lipinski definition) is 4. The first-order valence-corrected chi connectivity index (χ1v) is 7.88. The van der Waals surface area contributed by atoms with E-state index in [4.69, 9.17) is 10.5 Å². The Morgan fingerprint density at radius 1 is 1.37 bits per heavy atom. The molecule has 0 saturated heterocycles. The summed E-state index contributed by atoms with van der Waals surface area (Å²) in [6.07, 6.45) is 4.89. The Morgan fingerprint density at radius 2 is 2.21 bits per heavy atom. The summed E-state index contributed by atoms with van der Waals surface area (Å²) in [6.45, 7) is 5.19. The zero-order valence-corrected chi connectivity index (χ0v) is 12.5. The van der Waals surface area contributed by atoms with Crippen molar-refractivity contribution in [1.82, 2.24) is 4.98 Å². The smallest absolute Gasteiger partial charge is 0.144 e. The van der Waals surface area contributed by atoms with E-state index < -0.39 is 0 Å². The average Bonchev–Trinajstić information content (AvgIpc) is 2.90. The van der Waals surface area contributed by atoms with E-state index in [2.05, 4.69) is 18.8 Å². The van der Waals surface area contributed by atoms with E-state index in [-0.39, 0.29) is 0 Å². The third kappa shape index (κ3) is 3.38. The van der Waals surface area contributed by atoms with E-state index in [0.29, 0.717) is 11.6 Å². The van der Waals surface area contributed by atoms with Crippen LogP contribution in [0.15, 0.2) is 17.6 Å². The number of fused-ring (bicyclic) bond motifs is 1. The van der Waals surface area contributed by atoms with Gasteiger partial charge in [0.25, 0.3) is 0 Å². The molecule has 0 aliphatic rings. The molecule has 0 spiro atoms. The van der Waals surface area contributed by atoms with Crippen molar-refractivity contribution in [3.63, 3.8) is 0 Å². The van der Waals surface area contributed by atoms with Crippen molar-refractivity contribution in [1.29, 1.82) is 0 Å². The summed E-state index contributed by atoms with van der Waals surface area (Å²) in [5.74, 6) is 1.39. The maximum atomic E-state index is 6.11. The second kappa shape index (κ2) is 6.75. The Balaban J connectivity index is 2.02. The summed E-state index contributed by atoms with van der Waals surface area (Å²) < 4.78 is 7.02. The van der Waals surface area contributed by atoms with Crippen molar-refractivity contribution in [2.75, 3.05) is 12.3 Å². The second-order valence-electron chi connectivity index (χ2n) is 4.90. The van der Waals surface area contributed by atoms with Gasteiger partial charge in [-0.15, -0.1) is 11.3 Å². The lowest BCUT2D eigenvalue weighted by molar-refractivity contribution is 0.234. The van der Waals surface area contributed by atoms with Crippen LogP contribution in [0.25, 0.3) is 10.2 Å². The molecule has 1 atom stereocenters. The van der Waals surface area contributed by atoms with Crippen molar-refractivity contribution >= 4 is 27.2 Å².